The van der Waals surface area contributed by atoms with Crippen LogP contribution in [0.4, 0.5) is 0 Å². The number of aryl methyl sites for hydroxylation is 2. The zero-order valence-electron chi connectivity index (χ0n) is 11.0. The molecule has 2 aromatic rings. The monoisotopic (exact) mass is 304 g/mol. The summed E-state index contributed by atoms with van der Waals surface area (Å²) < 4.78 is 0. The molecule has 3 heteroatoms. The highest BCUT2D eigenvalue weighted by molar-refractivity contribution is 6.36. The first-order valence-corrected chi connectivity index (χ1v) is 7.48. The molecule has 0 saturated heterocycles. The average Bonchev–Trinajstić information content (AvgIpc) is 2.90. The van der Waals surface area contributed by atoms with Crippen molar-refractivity contribution in [3.05, 3.63) is 68.7 Å². The SMILES string of the molecule is O=C(Cc1c(Cl)cccc1Cl)c1ccc2c(c1)CCC2. The minimum Gasteiger partial charge on any atom is -0.294 e. The summed E-state index contributed by atoms with van der Waals surface area (Å²) in [5, 5.41) is 1.10. The number of rotatable bonds is 3. The fourth-order valence-electron chi connectivity index (χ4n) is 2.71. The van der Waals surface area contributed by atoms with E-state index < -0.39 is 0 Å². The molecule has 0 amide bonds. The Kier molecular flexibility index (Phi) is 3.82. The van der Waals surface area contributed by atoms with Gasteiger partial charge in [0.25, 0.3) is 0 Å². The number of Topliss-reactive ketones (excluding diaryl/α,β-unsaturated/α-hetero) is 1. The fraction of sp³-hybridized carbons (Fsp3) is 0.235. The molecule has 1 nitrogen and oxygen atoms in total. The highest BCUT2D eigenvalue weighted by Gasteiger charge is 2.16. The maximum absolute atomic E-state index is 12.4. The van der Waals surface area contributed by atoms with E-state index in [0.717, 1.165) is 18.4 Å². The smallest absolute Gasteiger partial charge is 0.167 e. The van der Waals surface area contributed by atoms with E-state index in [2.05, 4.69) is 6.07 Å². The molecule has 0 atom stereocenters. The summed E-state index contributed by atoms with van der Waals surface area (Å²) in [7, 11) is 0. The van der Waals surface area contributed by atoms with Crippen molar-refractivity contribution in [2.45, 2.75) is 25.7 Å². The van der Waals surface area contributed by atoms with Crippen LogP contribution >= 0.6 is 23.2 Å². The van der Waals surface area contributed by atoms with Crippen molar-refractivity contribution in [2.75, 3.05) is 0 Å². The van der Waals surface area contributed by atoms with Crippen molar-refractivity contribution in [3.8, 4) is 0 Å². The molecule has 3 rings (SSSR count). The number of hydrogen-bond acceptors (Lipinski definition) is 1. The largest absolute Gasteiger partial charge is 0.294 e. The van der Waals surface area contributed by atoms with Gasteiger partial charge in [0.05, 0.1) is 0 Å². The van der Waals surface area contributed by atoms with Gasteiger partial charge in [-0.05, 0) is 54.2 Å². The van der Waals surface area contributed by atoms with Gasteiger partial charge in [-0.1, -0.05) is 41.4 Å². The van der Waals surface area contributed by atoms with Crippen molar-refractivity contribution in [1.82, 2.24) is 0 Å². The molecule has 0 fully saturated rings. The standard InChI is InChI=1S/C17H14Cl2O/c18-15-5-2-6-16(19)14(15)10-17(20)13-8-7-11-3-1-4-12(11)9-13/h2,5-9H,1,3-4,10H2. The molecular weight excluding hydrogens is 291 g/mol. The van der Waals surface area contributed by atoms with Crippen molar-refractivity contribution in [2.24, 2.45) is 0 Å². The molecule has 0 saturated carbocycles. The van der Waals surface area contributed by atoms with Crippen LogP contribution in [0, 0.1) is 0 Å². The average molecular weight is 305 g/mol. The summed E-state index contributed by atoms with van der Waals surface area (Å²) in [4.78, 5) is 12.4. The summed E-state index contributed by atoms with van der Waals surface area (Å²) in [6, 6.07) is 11.3. The minimum absolute atomic E-state index is 0.0645. The van der Waals surface area contributed by atoms with Crippen molar-refractivity contribution < 1.29 is 4.79 Å². The van der Waals surface area contributed by atoms with Crippen LogP contribution in [0.2, 0.25) is 10.0 Å². The molecule has 102 valence electrons. The van der Waals surface area contributed by atoms with Crippen LogP contribution in [-0.2, 0) is 19.3 Å². The highest BCUT2D eigenvalue weighted by atomic mass is 35.5. The molecule has 0 spiro atoms. The number of benzene rings is 2. The second-order valence-corrected chi connectivity index (χ2v) is 5.95. The molecule has 0 bridgehead atoms. The number of halogens is 2. The van der Waals surface area contributed by atoms with E-state index in [1.807, 2.05) is 12.1 Å². The summed E-state index contributed by atoms with van der Waals surface area (Å²) >= 11 is 12.2. The van der Waals surface area contributed by atoms with Gasteiger partial charge in [-0.3, -0.25) is 4.79 Å². The summed E-state index contributed by atoms with van der Waals surface area (Å²) in [6.07, 6.45) is 3.63. The molecule has 0 heterocycles. The lowest BCUT2D eigenvalue weighted by Gasteiger charge is -2.07. The van der Waals surface area contributed by atoms with Crippen molar-refractivity contribution >= 4 is 29.0 Å². The van der Waals surface area contributed by atoms with E-state index >= 15 is 0 Å². The summed E-state index contributed by atoms with van der Waals surface area (Å²) in [6.45, 7) is 0. The van der Waals surface area contributed by atoms with E-state index in [4.69, 9.17) is 23.2 Å². The molecule has 0 radical (unpaired) electrons. The van der Waals surface area contributed by atoms with Gasteiger partial charge in [0.2, 0.25) is 0 Å². The number of fused-ring (bicyclic) bond motifs is 1. The third kappa shape index (κ3) is 2.61. The van der Waals surface area contributed by atoms with Crippen LogP contribution in [0.3, 0.4) is 0 Å². The predicted octanol–water partition coefficient (Wildman–Crippen LogP) is 4.91. The Balaban J connectivity index is 1.86. The highest BCUT2D eigenvalue weighted by Crippen LogP contribution is 2.27. The Morgan fingerprint density at radius 2 is 1.70 bits per heavy atom. The molecule has 0 N–H and O–H groups in total. The van der Waals surface area contributed by atoms with Gasteiger partial charge in [-0.2, -0.15) is 0 Å². The van der Waals surface area contributed by atoms with Crippen LogP contribution in [0.5, 0.6) is 0 Å². The van der Waals surface area contributed by atoms with Crippen molar-refractivity contribution in [1.29, 1.82) is 0 Å². The molecule has 1 aliphatic rings. The van der Waals surface area contributed by atoms with Crippen LogP contribution in [-0.4, -0.2) is 5.78 Å². The van der Waals surface area contributed by atoms with E-state index in [1.54, 1.807) is 18.2 Å². The molecule has 0 aromatic heterocycles. The second kappa shape index (κ2) is 5.59. The van der Waals surface area contributed by atoms with Gasteiger partial charge >= 0.3 is 0 Å². The quantitative estimate of drug-likeness (QED) is 0.737. The Hall–Kier alpha value is -1.31. The molecule has 1 aliphatic carbocycles. The topological polar surface area (TPSA) is 17.1 Å². The van der Waals surface area contributed by atoms with Crippen LogP contribution in [0.1, 0.15) is 33.5 Å². The lowest BCUT2D eigenvalue weighted by molar-refractivity contribution is 0.0993. The maximum Gasteiger partial charge on any atom is 0.167 e. The third-order valence-corrected chi connectivity index (χ3v) is 4.53. The Morgan fingerprint density at radius 3 is 2.45 bits per heavy atom. The summed E-state index contributed by atoms with van der Waals surface area (Å²) in [5.74, 6) is 0.0645. The van der Waals surface area contributed by atoms with Gasteiger partial charge in [0, 0.05) is 22.0 Å². The zero-order valence-corrected chi connectivity index (χ0v) is 12.5. The predicted molar refractivity (Wildman–Crippen MR) is 83.0 cm³/mol. The van der Waals surface area contributed by atoms with Gasteiger partial charge in [0.15, 0.2) is 5.78 Å². The molecule has 20 heavy (non-hydrogen) atoms. The first kappa shape index (κ1) is 13.7. The number of hydrogen-bond donors (Lipinski definition) is 0. The summed E-state index contributed by atoms with van der Waals surface area (Å²) in [5.41, 5.74) is 4.14. The van der Waals surface area contributed by atoms with E-state index in [1.165, 1.54) is 17.5 Å². The van der Waals surface area contributed by atoms with Gasteiger partial charge in [-0.25, -0.2) is 0 Å². The van der Waals surface area contributed by atoms with E-state index in [9.17, 15) is 4.79 Å². The molecule has 0 aliphatic heterocycles. The van der Waals surface area contributed by atoms with Crippen LogP contribution in [0.15, 0.2) is 36.4 Å². The van der Waals surface area contributed by atoms with Crippen molar-refractivity contribution in [3.63, 3.8) is 0 Å². The van der Waals surface area contributed by atoms with Gasteiger partial charge in [0.1, 0.15) is 0 Å². The first-order chi connectivity index (χ1) is 9.65. The van der Waals surface area contributed by atoms with Gasteiger partial charge < -0.3 is 0 Å². The zero-order chi connectivity index (χ0) is 14.1. The van der Waals surface area contributed by atoms with E-state index in [0.29, 0.717) is 15.6 Å². The Labute approximate surface area is 128 Å². The van der Waals surface area contributed by atoms with Crippen LogP contribution < -0.4 is 0 Å². The number of carbonyl (C=O) groups is 1. The minimum atomic E-state index is 0.0645. The maximum atomic E-state index is 12.4. The van der Waals surface area contributed by atoms with Gasteiger partial charge in [-0.15, -0.1) is 0 Å². The second-order valence-electron chi connectivity index (χ2n) is 5.14. The van der Waals surface area contributed by atoms with Crippen LogP contribution in [0.25, 0.3) is 0 Å². The fourth-order valence-corrected chi connectivity index (χ4v) is 3.24. The molecule has 2 aromatic carbocycles. The normalized spacial score (nSPS) is 13.3. The first-order valence-electron chi connectivity index (χ1n) is 6.73. The van der Waals surface area contributed by atoms with E-state index in [-0.39, 0.29) is 12.2 Å². The third-order valence-electron chi connectivity index (χ3n) is 3.82. The molecular formula is C17H14Cl2O. The lowest BCUT2D eigenvalue weighted by Crippen LogP contribution is -2.05. The lowest BCUT2D eigenvalue weighted by atomic mass is 9.99. The number of ketones is 1. The Morgan fingerprint density at radius 1 is 1.00 bits per heavy atom. The number of carbonyl (C=O) groups excluding carboxylic acids is 1. The molecule has 0 unspecified atom stereocenters. The Bertz CT molecular complexity index is 656.